The largest absolute Gasteiger partial charge is 0.355 e. The number of piperidine rings is 1. The predicted molar refractivity (Wildman–Crippen MR) is 84.3 cm³/mol. The number of hydrogen-bond donors (Lipinski definition) is 2. The molecule has 0 saturated carbocycles. The van der Waals surface area contributed by atoms with Gasteiger partial charge in [-0.15, -0.1) is 12.4 Å². The van der Waals surface area contributed by atoms with Gasteiger partial charge < -0.3 is 16.0 Å². The number of carbonyl (C=O) groups is 2. The summed E-state index contributed by atoms with van der Waals surface area (Å²) in [5.74, 6) is -0.957. The highest BCUT2D eigenvalue weighted by Gasteiger charge is 2.28. The van der Waals surface area contributed by atoms with Crippen molar-refractivity contribution < 1.29 is 14.0 Å². The van der Waals surface area contributed by atoms with Crippen LogP contribution in [0.2, 0.25) is 0 Å². The van der Waals surface area contributed by atoms with E-state index in [9.17, 15) is 14.0 Å². The summed E-state index contributed by atoms with van der Waals surface area (Å²) in [6.45, 7) is 1.79. The van der Waals surface area contributed by atoms with E-state index >= 15 is 0 Å². The first-order valence-electron chi connectivity index (χ1n) is 7.14. The summed E-state index contributed by atoms with van der Waals surface area (Å²) in [7, 11) is 0. The topological polar surface area (TPSA) is 75.4 Å². The minimum absolute atomic E-state index is 0. The highest BCUT2D eigenvalue weighted by atomic mass is 35.5. The van der Waals surface area contributed by atoms with Crippen LogP contribution < -0.4 is 11.1 Å². The van der Waals surface area contributed by atoms with Crippen LogP contribution in [0.15, 0.2) is 24.3 Å². The van der Waals surface area contributed by atoms with E-state index in [0.29, 0.717) is 31.7 Å². The van der Waals surface area contributed by atoms with E-state index in [1.54, 1.807) is 11.0 Å². The third-order valence-electron chi connectivity index (χ3n) is 3.59. The van der Waals surface area contributed by atoms with Crippen molar-refractivity contribution in [1.29, 1.82) is 0 Å². The van der Waals surface area contributed by atoms with Crippen LogP contribution in [0.3, 0.4) is 0 Å². The number of nitrogens with two attached hydrogens (primary N) is 1. The number of benzene rings is 1. The van der Waals surface area contributed by atoms with Crippen molar-refractivity contribution in [3.63, 3.8) is 0 Å². The number of amides is 2. The van der Waals surface area contributed by atoms with Crippen molar-refractivity contribution in [3.05, 3.63) is 35.6 Å². The van der Waals surface area contributed by atoms with Crippen LogP contribution in [0.5, 0.6) is 0 Å². The van der Waals surface area contributed by atoms with Gasteiger partial charge in [0.05, 0.1) is 5.92 Å². The second kappa shape index (κ2) is 8.70. The van der Waals surface area contributed by atoms with Crippen LogP contribution in [-0.4, -0.2) is 42.9 Å². The minimum atomic E-state index is -0.435. The number of rotatable bonds is 4. The van der Waals surface area contributed by atoms with Gasteiger partial charge in [0.15, 0.2) is 0 Å². The van der Waals surface area contributed by atoms with Crippen molar-refractivity contribution in [3.8, 4) is 0 Å². The molecule has 122 valence electrons. The lowest BCUT2D eigenvalue weighted by Gasteiger charge is -2.32. The minimum Gasteiger partial charge on any atom is -0.355 e. The Labute approximate surface area is 135 Å². The fourth-order valence-corrected chi connectivity index (χ4v) is 2.52. The molecule has 22 heavy (non-hydrogen) atoms. The molecule has 0 aromatic heterocycles. The number of carbonyl (C=O) groups excluding carboxylic acids is 2. The second-order valence-electron chi connectivity index (χ2n) is 5.18. The van der Waals surface area contributed by atoms with Gasteiger partial charge >= 0.3 is 0 Å². The fourth-order valence-electron chi connectivity index (χ4n) is 2.52. The maximum absolute atomic E-state index is 13.2. The molecular formula is C15H21ClFN3O2. The molecule has 3 N–H and O–H groups in total. The van der Waals surface area contributed by atoms with Crippen LogP contribution in [0.25, 0.3) is 0 Å². The van der Waals surface area contributed by atoms with Crippen LogP contribution in [0, 0.1) is 11.7 Å². The molecule has 0 spiro atoms. The summed E-state index contributed by atoms with van der Waals surface area (Å²) in [5, 5.41) is 2.75. The molecule has 1 aromatic rings. The van der Waals surface area contributed by atoms with E-state index in [-0.39, 0.29) is 30.1 Å². The first-order valence-corrected chi connectivity index (χ1v) is 7.14. The quantitative estimate of drug-likeness (QED) is 0.871. The molecule has 1 aliphatic heterocycles. The summed E-state index contributed by atoms with van der Waals surface area (Å²) < 4.78 is 13.2. The van der Waals surface area contributed by atoms with Crippen molar-refractivity contribution in [1.82, 2.24) is 10.2 Å². The summed E-state index contributed by atoms with van der Waals surface area (Å²) in [4.78, 5) is 25.9. The molecule has 1 unspecified atom stereocenters. The Morgan fingerprint density at radius 1 is 1.41 bits per heavy atom. The summed E-state index contributed by atoms with van der Waals surface area (Å²) >= 11 is 0. The Hall–Kier alpha value is -1.66. The number of hydrogen-bond acceptors (Lipinski definition) is 3. The molecule has 1 aliphatic rings. The molecule has 1 atom stereocenters. The Morgan fingerprint density at radius 2 is 2.18 bits per heavy atom. The van der Waals surface area contributed by atoms with Gasteiger partial charge in [-0.25, -0.2) is 4.39 Å². The predicted octanol–water partition coefficient (Wildman–Crippen LogP) is 1.17. The Bertz CT molecular complexity index is 527. The third-order valence-corrected chi connectivity index (χ3v) is 3.59. The Balaban J connectivity index is 0.00000242. The Morgan fingerprint density at radius 3 is 2.86 bits per heavy atom. The van der Waals surface area contributed by atoms with Gasteiger partial charge in [0, 0.05) is 31.7 Å². The molecule has 7 heteroatoms. The van der Waals surface area contributed by atoms with Gasteiger partial charge in [0.1, 0.15) is 5.82 Å². The molecule has 0 aliphatic carbocycles. The van der Waals surface area contributed by atoms with Gasteiger partial charge in [0.25, 0.3) is 5.91 Å². The average Bonchev–Trinajstić information content (AvgIpc) is 2.52. The lowest BCUT2D eigenvalue weighted by Crippen LogP contribution is -2.46. The third kappa shape index (κ3) is 4.68. The molecule has 2 rings (SSSR count). The monoisotopic (exact) mass is 329 g/mol. The summed E-state index contributed by atoms with van der Waals surface area (Å²) in [6.07, 6.45) is 1.52. The number of nitrogens with zero attached hydrogens (tertiary/aromatic N) is 1. The standard InChI is InChI=1S/C15H20FN3O2.ClH/c16-13-5-1-3-11(9-13)15(21)19-8-2-4-12(10-19)14(20)18-7-6-17;/h1,3,5,9,12H,2,4,6-8,10,17H2,(H,18,20);1H. The summed E-state index contributed by atoms with van der Waals surface area (Å²) in [6, 6.07) is 5.62. The van der Waals surface area contributed by atoms with Gasteiger partial charge in [-0.2, -0.15) is 0 Å². The number of nitrogens with one attached hydrogen (secondary N) is 1. The Kier molecular flexibility index (Phi) is 7.27. The van der Waals surface area contributed by atoms with Crippen molar-refractivity contribution in [2.75, 3.05) is 26.2 Å². The smallest absolute Gasteiger partial charge is 0.253 e. The molecule has 1 fully saturated rings. The first-order chi connectivity index (χ1) is 10.1. The van der Waals surface area contributed by atoms with E-state index in [1.807, 2.05) is 0 Å². The zero-order valence-electron chi connectivity index (χ0n) is 12.3. The highest BCUT2D eigenvalue weighted by Crippen LogP contribution is 2.19. The van der Waals surface area contributed by atoms with Gasteiger partial charge in [0.2, 0.25) is 5.91 Å². The van der Waals surface area contributed by atoms with Crippen LogP contribution in [0.4, 0.5) is 4.39 Å². The molecule has 2 amide bonds. The zero-order valence-corrected chi connectivity index (χ0v) is 13.1. The maximum atomic E-state index is 13.2. The fraction of sp³-hybridized carbons (Fsp3) is 0.467. The average molecular weight is 330 g/mol. The zero-order chi connectivity index (χ0) is 15.2. The molecule has 1 saturated heterocycles. The molecule has 1 heterocycles. The van der Waals surface area contributed by atoms with E-state index in [0.717, 1.165) is 12.8 Å². The van der Waals surface area contributed by atoms with E-state index < -0.39 is 5.82 Å². The van der Waals surface area contributed by atoms with Crippen LogP contribution in [-0.2, 0) is 4.79 Å². The SMILES string of the molecule is Cl.NCCNC(=O)C1CCCN(C(=O)c2cccc(F)c2)C1. The molecule has 0 radical (unpaired) electrons. The van der Waals surface area contributed by atoms with Gasteiger partial charge in [-0.05, 0) is 31.0 Å². The number of halogens is 2. The lowest BCUT2D eigenvalue weighted by molar-refractivity contribution is -0.126. The molecular weight excluding hydrogens is 309 g/mol. The molecule has 5 nitrogen and oxygen atoms in total. The highest BCUT2D eigenvalue weighted by molar-refractivity contribution is 5.94. The molecule has 0 bridgehead atoms. The maximum Gasteiger partial charge on any atom is 0.253 e. The lowest BCUT2D eigenvalue weighted by atomic mass is 9.96. The van der Waals surface area contributed by atoms with Crippen molar-refractivity contribution >= 4 is 24.2 Å². The normalized spacial score (nSPS) is 17.5. The van der Waals surface area contributed by atoms with E-state index in [2.05, 4.69) is 5.32 Å². The van der Waals surface area contributed by atoms with Crippen LogP contribution in [0.1, 0.15) is 23.2 Å². The van der Waals surface area contributed by atoms with Crippen molar-refractivity contribution in [2.24, 2.45) is 11.7 Å². The van der Waals surface area contributed by atoms with Crippen LogP contribution >= 0.6 is 12.4 Å². The second-order valence-corrected chi connectivity index (χ2v) is 5.18. The summed E-state index contributed by atoms with van der Waals surface area (Å²) in [5.41, 5.74) is 5.67. The van der Waals surface area contributed by atoms with Gasteiger partial charge in [-0.3, -0.25) is 9.59 Å². The van der Waals surface area contributed by atoms with E-state index in [1.165, 1.54) is 18.2 Å². The van der Waals surface area contributed by atoms with Crippen molar-refractivity contribution in [2.45, 2.75) is 12.8 Å². The van der Waals surface area contributed by atoms with E-state index in [4.69, 9.17) is 5.73 Å². The van der Waals surface area contributed by atoms with Gasteiger partial charge in [-0.1, -0.05) is 6.07 Å². The number of likely N-dealkylation sites (tertiary alicyclic amines) is 1. The first kappa shape index (κ1) is 18.4. The molecule has 1 aromatic carbocycles.